The zero-order valence-electron chi connectivity index (χ0n) is 16.4. The van der Waals surface area contributed by atoms with Gasteiger partial charge in [0.25, 0.3) is 5.91 Å². The molecule has 3 N–H and O–H groups in total. The molecule has 0 saturated carbocycles. The fourth-order valence-electron chi connectivity index (χ4n) is 3.49. The number of ether oxygens (including phenoxy) is 1. The molecule has 1 aliphatic carbocycles. The van der Waals surface area contributed by atoms with Crippen molar-refractivity contribution in [2.24, 2.45) is 5.92 Å². The number of carbonyl (C=O) groups excluding carboxylic acids is 2. The lowest BCUT2D eigenvalue weighted by molar-refractivity contribution is -0.138. The first-order valence-electron chi connectivity index (χ1n) is 9.49. The van der Waals surface area contributed by atoms with Gasteiger partial charge in [-0.25, -0.2) is 0 Å². The van der Waals surface area contributed by atoms with Crippen molar-refractivity contribution in [3.63, 3.8) is 0 Å². The summed E-state index contributed by atoms with van der Waals surface area (Å²) < 4.78 is 5.19. The van der Waals surface area contributed by atoms with Crippen molar-refractivity contribution in [1.82, 2.24) is 0 Å². The molecule has 1 unspecified atom stereocenters. The summed E-state index contributed by atoms with van der Waals surface area (Å²) in [5.41, 5.74) is 2.11. The average Bonchev–Trinajstić information content (AvgIpc) is 3.21. The molecule has 1 heterocycles. The Balaban J connectivity index is 1.78. The number of carboxylic acids is 1. The van der Waals surface area contributed by atoms with Crippen LogP contribution in [0.4, 0.5) is 10.7 Å². The minimum atomic E-state index is -0.932. The molecule has 0 radical (unpaired) electrons. The maximum absolute atomic E-state index is 13.0. The van der Waals surface area contributed by atoms with Crippen LogP contribution in [0.15, 0.2) is 24.3 Å². The number of benzene rings is 1. The van der Waals surface area contributed by atoms with Gasteiger partial charge in [0, 0.05) is 29.5 Å². The van der Waals surface area contributed by atoms with Gasteiger partial charge in [0.05, 0.1) is 12.7 Å². The van der Waals surface area contributed by atoms with E-state index in [4.69, 9.17) is 9.84 Å². The van der Waals surface area contributed by atoms with E-state index >= 15 is 0 Å². The first-order chi connectivity index (χ1) is 13.9. The van der Waals surface area contributed by atoms with Gasteiger partial charge in [0.2, 0.25) is 5.91 Å². The number of nitrogens with one attached hydrogen (secondary N) is 2. The number of amides is 2. The van der Waals surface area contributed by atoms with Crippen LogP contribution in [-0.4, -0.2) is 30.0 Å². The van der Waals surface area contributed by atoms with Crippen LogP contribution in [0.3, 0.4) is 0 Å². The van der Waals surface area contributed by atoms with Crippen LogP contribution in [0.2, 0.25) is 0 Å². The molecule has 29 heavy (non-hydrogen) atoms. The topological polar surface area (TPSA) is 105 Å². The van der Waals surface area contributed by atoms with Crippen LogP contribution < -0.4 is 15.4 Å². The maximum atomic E-state index is 13.0. The second-order valence-corrected chi connectivity index (χ2v) is 8.31. The number of thiophene rings is 1. The molecule has 3 rings (SSSR count). The molecule has 7 nitrogen and oxygen atoms in total. The third-order valence-electron chi connectivity index (χ3n) is 4.79. The molecule has 8 heteroatoms. The van der Waals surface area contributed by atoms with Gasteiger partial charge in [-0.05, 0) is 42.9 Å². The number of hydrogen-bond acceptors (Lipinski definition) is 5. The Morgan fingerprint density at radius 2 is 2.00 bits per heavy atom. The van der Waals surface area contributed by atoms with Crippen LogP contribution in [0.5, 0.6) is 5.75 Å². The van der Waals surface area contributed by atoms with E-state index in [2.05, 4.69) is 10.6 Å². The molecule has 1 aromatic heterocycles. The molecule has 1 atom stereocenters. The van der Waals surface area contributed by atoms with E-state index in [1.807, 2.05) is 0 Å². The van der Waals surface area contributed by atoms with Gasteiger partial charge < -0.3 is 20.5 Å². The minimum absolute atomic E-state index is 0.0719. The standard InChI is InChI=1S/C21H24N2O5S/c1-12(10-18(25)26)9-17(24)23-21-19(15-7-4-8-16(15)29-21)20(27)22-13-5-3-6-14(11-13)28-2/h3,5-6,11-12H,4,7-10H2,1-2H3,(H,22,27)(H,23,24)(H,25,26). The van der Waals surface area contributed by atoms with E-state index in [0.717, 1.165) is 29.7 Å². The first kappa shape index (κ1) is 20.9. The molecule has 0 fully saturated rings. The van der Waals surface area contributed by atoms with Crippen LogP contribution in [0.25, 0.3) is 0 Å². The van der Waals surface area contributed by atoms with Crippen LogP contribution in [0.1, 0.15) is 47.0 Å². The molecule has 0 bridgehead atoms. The number of aryl methyl sites for hydroxylation is 1. The van der Waals surface area contributed by atoms with Gasteiger partial charge in [0.15, 0.2) is 0 Å². The Morgan fingerprint density at radius 1 is 1.21 bits per heavy atom. The molecule has 0 spiro atoms. The zero-order chi connectivity index (χ0) is 21.0. The van der Waals surface area contributed by atoms with E-state index in [9.17, 15) is 14.4 Å². The number of carboxylic acid groups (broad SMARTS) is 1. The summed E-state index contributed by atoms with van der Waals surface area (Å²) in [5.74, 6) is -1.13. The lowest BCUT2D eigenvalue weighted by Gasteiger charge is -2.12. The SMILES string of the molecule is COc1cccc(NC(=O)c2c(NC(=O)CC(C)CC(=O)O)sc3c2CCC3)c1. The summed E-state index contributed by atoms with van der Waals surface area (Å²) >= 11 is 1.43. The predicted molar refractivity (Wildman–Crippen MR) is 112 cm³/mol. The van der Waals surface area contributed by atoms with Crippen molar-refractivity contribution in [3.8, 4) is 5.75 Å². The Kier molecular flexibility index (Phi) is 6.53. The number of anilines is 2. The van der Waals surface area contributed by atoms with Crippen molar-refractivity contribution in [2.45, 2.75) is 39.0 Å². The van der Waals surface area contributed by atoms with Crippen molar-refractivity contribution in [1.29, 1.82) is 0 Å². The summed E-state index contributed by atoms with van der Waals surface area (Å²) in [5, 5.41) is 15.1. The molecular formula is C21H24N2O5S. The van der Waals surface area contributed by atoms with E-state index in [1.165, 1.54) is 11.3 Å². The minimum Gasteiger partial charge on any atom is -0.497 e. The number of rotatable bonds is 8. The van der Waals surface area contributed by atoms with E-state index in [-0.39, 0.29) is 30.6 Å². The van der Waals surface area contributed by atoms with Gasteiger partial charge in [-0.15, -0.1) is 11.3 Å². The fraction of sp³-hybridized carbons (Fsp3) is 0.381. The molecule has 2 aromatic rings. The Labute approximate surface area is 173 Å². The first-order valence-corrected chi connectivity index (χ1v) is 10.3. The van der Waals surface area contributed by atoms with Gasteiger partial charge in [-0.2, -0.15) is 0 Å². The smallest absolute Gasteiger partial charge is 0.303 e. The monoisotopic (exact) mass is 416 g/mol. The van der Waals surface area contributed by atoms with Crippen LogP contribution in [-0.2, 0) is 22.4 Å². The second-order valence-electron chi connectivity index (χ2n) is 7.20. The average molecular weight is 416 g/mol. The summed E-state index contributed by atoms with van der Waals surface area (Å²) in [6.07, 6.45) is 2.70. The molecule has 0 aliphatic heterocycles. The highest BCUT2D eigenvalue weighted by atomic mass is 32.1. The van der Waals surface area contributed by atoms with Crippen molar-refractivity contribution >= 4 is 39.8 Å². The normalized spacial score (nSPS) is 13.4. The number of methoxy groups -OCH3 is 1. The van der Waals surface area contributed by atoms with Gasteiger partial charge in [0.1, 0.15) is 10.8 Å². The number of carbonyl (C=O) groups is 3. The van der Waals surface area contributed by atoms with E-state index in [1.54, 1.807) is 38.3 Å². The van der Waals surface area contributed by atoms with E-state index in [0.29, 0.717) is 22.0 Å². The summed E-state index contributed by atoms with van der Waals surface area (Å²) in [6.45, 7) is 1.72. The molecule has 154 valence electrons. The third-order valence-corrected chi connectivity index (χ3v) is 5.99. The number of aliphatic carboxylic acids is 1. The summed E-state index contributed by atoms with van der Waals surface area (Å²) in [6, 6.07) is 7.09. The lowest BCUT2D eigenvalue weighted by atomic mass is 10.0. The van der Waals surface area contributed by atoms with Gasteiger partial charge in [-0.1, -0.05) is 13.0 Å². The van der Waals surface area contributed by atoms with Crippen molar-refractivity contribution < 1.29 is 24.2 Å². The van der Waals surface area contributed by atoms with Gasteiger partial charge in [-0.3, -0.25) is 14.4 Å². The Bertz CT molecular complexity index is 937. The number of hydrogen-bond donors (Lipinski definition) is 3. The molecule has 1 aliphatic rings. The quantitative estimate of drug-likeness (QED) is 0.605. The zero-order valence-corrected chi connectivity index (χ0v) is 17.2. The highest BCUT2D eigenvalue weighted by Crippen LogP contribution is 2.39. The fourth-order valence-corrected chi connectivity index (χ4v) is 4.79. The molecule has 2 amide bonds. The lowest BCUT2D eigenvalue weighted by Crippen LogP contribution is -2.20. The Hall–Kier alpha value is -2.87. The van der Waals surface area contributed by atoms with Gasteiger partial charge >= 0.3 is 5.97 Å². The molecule has 1 aromatic carbocycles. The van der Waals surface area contributed by atoms with Crippen molar-refractivity contribution in [2.75, 3.05) is 17.7 Å². The van der Waals surface area contributed by atoms with Crippen molar-refractivity contribution in [3.05, 3.63) is 40.3 Å². The second kappa shape index (κ2) is 9.09. The number of fused-ring (bicyclic) bond motifs is 1. The van der Waals surface area contributed by atoms with Crippen LogP contribution in [0, 0.1) is 5.92 Å². The summed E-state index contributed by atoms with van der Waals surface area (Å²) in [4.78, 5) is 37.4. The molecular weight excluding hydrogens is 392 g/mol. The predicted octanol–water partition coefficient (Wildman–Crippen LogP) is 3.94. The highest BCUT2D eigenvalue weighted by molar-refractivity contribution is 7.17. The maximum Gasteiger partial charge on any atom is 0.303 e. The summed E-state index contributed by atoms with van der Waals surface area (Å²) in [7, 11) is 1.56. The Morgan fingerprint density at radius 3 is 2.72 bits per heavy atom. The largest absolute Gasteiger partial charge is 0.497 e. The highest BCUT2D eigenvalue weighted by Gasteiger charge is 2.28. The third kappa shape index (κ3) is 5.14. The van der Waals surface area contributed by atoms with Crippen LogP contribution >= 0.6 is 11.3 Å². The van der Waals surface area contributed by atoms with E-state index < -0.39 is 5.97 Å². The molecule has 0 saturated heterocycles.